The number of hydrogen-bond acceptors (Lipinski definition) is 2. The summed E-state index contributed by atoms with van der Waals surface area (Å²) in [6, 6.07) is 2.94. The summed E-state index contributed by atoms with van der Waals surface area (Å²) in [5.41, 5.74) is 0.458. The first-order valence-corrected chi connectivity index (χ1v) is 6.43. The number of rotatable bonds is 1. The average molecular weight is 305 g/mol. The van der Waals surface area contributed by atoms with Crippen LogP contribution in [0.25, 0.3) is 0 Å². The Kier molecular flexibility index (Phi) is 3.68. The minimum Gasteiger partial charge on any atom is -0.364 e. The van der Waals surface area contributed by atoms with Gasteiger partial charge < -0.3 is 10.2 Å². The zero-order valence-corrected chi connectivity index (χ0v) is 11.4. The molecule has 0 aliphatic carbocycles. The lowest BCUT2D eigenvalue weighted by Gasteiger charge is -2.39. The van der Waals surface area contributed by atoms with Gasteiger partial charge in [0.15, 0.2) is 0 Å². The molecule has 2 rings (SSSR count). The highest BCUT2D eigenvalue weighted by atomic mass is 79.9. The first-order valence-electron chi connectivity index (χ1n) is 5.63. The zero-order valence-electron chi connectivity index (χ0n) is 9.80. The van der Waals surface area contributed by atoms with E-state index in [2.05, 4.69) is 28.2 Å². The summed E-state index contributed by atoms with van der Waals surface area (Å²) in [4.78, 5) is 1.97. The molecule has 0 radical (unpaired) electrons. The van der Waals surface area contributed by atoms with Crippen LogP contribution in [0, 0.1) is 11.6 Å². The molecule has 94 valence electrons. The Balaban J connectivity index is 2.35. The molecule has 0 aromatic heterocycles. The molecule has 1 aromatic rings. The zero-order chi connectivity index (χ0) is 12.6. The van der Waals surface area contributed by atoms with E-state index < -0.39 is 11.6 Å². The van der Waals surface area contributed by atoms with E-state index >= 15 is 0 Å². The van der Waals surface area contributed by atoms with Crippen molar-refractivity contribution in [2.45, 2.75) is 25.9 Å². The van der Waals surface area contributed by atoms with Crippen molar-refractivity contribution in [1.82, 2.24) is 5.32 Å². The molecule has 0 amide bonds. The molecule has 1 aliphatic rings. The van der Waals surface area contributed by atoms with E-state index in [0.29, 0.717) is 16.2 Å². The third kappa shape index (κ3) is 2.60. The second-order valence-corrected chi connectivity index (χ2v) is 5.38. The second kappa shape index (κ2) is 4.90. The summed E-state index contributed by atoms with van der Waals surface area (Å²) >= 11 is 3.10. The summed E-state index contributed by atoms with van der Waals surface area (Å²) in [5, 5.41) is 3.33. The van der Waals surface area contributed by atoms with Gasteiger partial charge in [-0.25, -0.2) is 8.78 Å². The third-order valence-corrected chi connectivity index (χ3v) is 3.67. The van der Waals surface area contributed by atoms with Crippen LogP contribution < -0.4 is 10.2 Å². The lowest BCUT2D eigenvalue weighted by Crippen LogP contribution is -2.54. The van der Waals surface area contributed by atoms with Gasteiger partial charge in [-0.3, -0.25) is 0 Å². The van der Waals surface area contributed by atoms with Crippen LogP contribution in [0.2, 0.25) is 0 Å². The average Bonchev–Trinajstić information content (AvgIpc) is 2.27. The van der Waals surface area contributed by atoms with Gasteiger partial charge in [-0.2, -0.15) is 0 Å². The number of piperazine rings is 1. The Morgan fingerprint density at radius 3 is 2.71 bits per heavy atom. The molecule has 5 heteroatoms. The molecule has 1 heterocycles. The van der Waals surface area contributed by atoms with E-state index in [1.807, 2.05) is 11.8 Å². The Bertz CT molecular complexity index is 425. The maximum atomic E-state index is 13.8. The van der Waals surface area contributed by atoms with Gasteiger partial charge in [-0.1, -0.05) is 0 Å². The van der Waals surface area contributed by atoms with Crippen LogP contribution in [0.1, 0.15) is 13.8 Å². The summed E-state index contributed by atoms with van der Waals surface area (Å²) < 4.78 is 27.3. The quantitative estimate of drug-likeness (QED) is 0.803. The molecule has 2 unspecified atom stereocenters. The van der Waals surface area contributed by atoms with E-state index in [4.69, 9.17) is 0 Å². The van der Waals surface area contributed by atoms with Crippen LogP contribution in [0.3, 0.4) is 0 Å². The number of hydrogen-bond donors (Lipinski definition) is 1. The summed E-state index contributed by atoms with van der Waals surface area (Å²) in [6.07, 6.45) is 0. The lowest BCUT2D eigenvalue weighted by molar-refractivity contribution is 0.419. The van der Waals surface area contributed by atoms with E-state index in [-0.39, 0.29) is 6.04 Å². The molecule has 1 saturated heterocycles. The van der Waals surface area contributed by atoms with Crippen LogP contribution >= 0.6 is 15.9 Å². The van der Waals surface area contributed by atoms with Crippen molar-refractivity contribution in [3.63, 3.8) is 0 Å². The Morgan fingerprint density at radius 1 is 1.29 bits per heavy atom. The van der Waals surface area contributed by atoms with Crippen LogP contribution in [0.5, 0.6) is 0 Å². The predicted octanol–water partition coefficient (Wildman–Crippen LogP) is 2.91. The molecule has 1 N–H and O–H groups in total. The fourth-order valence-electron chi connectivity index (χ4n) is 2.09. The summed E-state index contributed by atoms with van der Waals surface area (Å²) in [6.45, 7) is 5.59. The molecule has 0 bridgehead atoms. The van der Waals surface area contributed by atoms with Crippen molar-refractivity contribution < 1.29 is 8.78 Å². The third-order valence-electron chi connectivity index (χ3n) is 3.06. The lowest BCUT2D eigenvalue weighted by atomic mass is 10.1. The van der Waals surface area contributed by atoms with Crippen LogP contribution in [-0.4, -0.2) is 25.2 Å². The van der Waals surface area contributed by atoms with Gasteiger partial charge in [-0.05, 0) is 35.8 Å². The smallest absolute Gasteiger partial charge is 0.149 e. The predicted molar refractivity (Wildman–Crippen MR) is 68.3 cm³/mol. The van der Waals surface area contributed by atoms with Crippen molar-refractivity contribution in [2.75, 3.05) is 18.0 Å². The summed E-state index contributed by atoms with van der Waals surface area (Å²) in [5.74, 6) is -1.08. The van der Waals surface area contributed by atoms with Gasteiger partial charge in [0.1, 0.15) is 11.6 Å². The standard InChI is InChI=1S/C12H15BrF2N2/c1-7-6-17(8(2)5-16-7)12-3-9(13)10(14)4-11(12)15/h3-4,7-8,16H,5-6H2,1-2H3. The van der Waals surface area contributed by atoms with Crippen LogP contribution in [0.4, 0.5) is 14.5 Å². The molecule has 1 aromatic carbocycles. The fraction of sp³-hybridized carbons (Fsp3) is 0.500. The molecular formula is C12H15BrF2N2. The summed E-state index contributed by atoms with van der Waals surface area (Å²) in [7, 11) is 0. The number of nitrogens with one attached hydrogen (secondary N) is 1. The topological polar surface area (TPSA) is 15.3 Å². The molecule has 0 saturated carbocycles. The highest BCUT2D eigenvalue weighted by Crippen LogP contribution is 2.28. The van der Waals surface area contributed by atoms with E-state index in [1.165, 1.54) is 6.07 Å². The van der Waals surface area contributed by atoms with Gasteiger partial charge in [0, 0.05) is 31.2 Å². The largest absolute Gasteiger partial charge is 0.364 e. The minimum absolute atomic E-state index is 0.193. The van der Waals surface area contributed by atoms with Gasteiger partial charge >= 0.3 is 0 Å². The van der Waals surface area contributed by atoms with Crippen molar-refractivity contribution in [2.24, 2.45) is 0 Å². The molecule has 1 fully saturated rings. The monoisotopic (exact) mass is 304 g/mol. The first-order chi connectivity index (χ1) is 7.99. The van der Waals surface area contributed by atoms with Crippen molar-refractivity contribution in [3.05, 3.63) is 28.2 Å². The van der Waals surface area contributed by atoms with Gasteiger partial charge in [0.05, 0.1) is 10.2 Å². The Labute approximate surface area is 108 Å². The van der Waals surface area contributed by atoms with Gasteiger partial charge in [-0.15, -0.1) is 0 Å². The fourth-order valence-corrected chi connectivity index (χ4v) is 2.42. The van der Waals surface area contributed by atoms with Gasteiger partial charge in [0.2, 0.25) is 0 Å². The maximum Gasteiger partial charge on any atom is 0.149 e. The van der Waals surface area contributed by atoms with Crippen molar-refractivity contribution >= 4 is 21.6 Å². The van der Waals surface area contributed by atoms with Crippen LogP contribution in [-0.2, 0) is 0 Å². The normalized spacial score (nSPS) is 25.1. The molecule has 0 spiro atoms. The molecule has 2 atom stereocenters. The molecular weight excluding hydrogens is 290 g/mol. The highest BCUT2D eigenvalue weighted by Gasteiger charge is 2.25. The SMILES string of the molecule is CC1CN(c2cc(Br)c(F)cc2F)C(C)CN1. The Hall–Kier alpha value is -0.680. The maximum absolute atomic E-state index is 13.8. The number of anilines is 1. The van der Waals surface area contributed by atoms with Crippen LogP contribution in [0.15, 0.2) is 16.6 Å². The number of benzene rings is 1. The van der Waals surface area contributed by atoms with Gasteiger partial charge in [0.25, 0.3) is 0 Å². The van der Waals surface area contributed by atoms with E-state index in [0.717, 1.165) is 19.2 Å². The number of halogens is 3. The number of nitrogens with zero attached hydrogens (tertiary/aromatic N) is 1. The van der Waals surface area contributed by atoms with E-state index in [9.17, 15) is 8.78 Å². The first kappa shape index (κ1) is 12.8. The molecule has 1 aliphatic heterocycles. The molecule has 2 nitrogen and oxygen atoms in total. The molecule has 17 heavy (non-hydrogen) atoms. The Morgan fingerprint density at radius 2 is 2.00 bits per heavy atom. The van der Waals surface area contributed by atoms with Crippen molar-refractivity contribution in [3.8, 4) is 0 Å². The highest BCUT2D eigenvalue weighted by molar-refractivity contribution is 9.10. The second-order valence-electron chi connectivity index (χ2n) is 4.53. The minimum atomic E-state index is -0.568. The van der Waals surface area contributed by atoms with E-state index in [1.54, 1.807) is 0 Å². The van der Waals surface area contributed by atoms with Crippen molar-refractivity contribution in [1.29, 1.82) is 0 Å².